The molecule has 0 N–H and O–H groups in total. The number of anilines is 1. The molecule has 1 aliphatic rings. The maximum atomic E-state index is 14.5. The third kappa shape index (κ3) is 5.12. The van der Waals surface area contributed by atoms with Crippen LogP contribution in [0.25, 0.3) is 33.5 Å². The minimum absolute atomic E-state index is 0.0289. The average Bonchev–Trinajstić information content (AvgIpc) is 3.74. The first kappa shape index (κ1) is 28.1. The van der Waals surface area contributed by atoms with Gasteiger partial charge in [0.15, 0.2) is 29.0 Å². The quantitative estimate of drug-likeness (QED) is 0.114. The van der Waals surface area contributed by atoms with Crippen molar-refractivity contribution in [3.05, 3.63) is 119 Å². The molecule has 0 bridgehead atoms. The van der Waals surface area contributed by atoms with Crippen LogP contribution in [0.4, 0.5) is 36.4 Å². The highest BCUT2D eigenvalue weighted by molar-refractivity contribution is 7.13. The maximum absolute atomic E-state index is 14.5. The van der Waals surface area contributed by atoms with Crippen molar-refractivity contribution in [3.8, 4) is 27.4 Å². The second-order valence-corrected chi connectivity index (χ2v) is 10.2. The highest BCUT2D eigenvalue weighted by Gasteiger charge is 2.48. The topological polar surface area (TPSA) is 50.5 Å². The Labute approximate surface area is 242 Å². The highest BCUT2D eigenvalue weighted by Crippen LogP contribution is 2.37. The smallest absolute Gasteiger partial charge is 0.267 e. The van der Waals surface area contributed by atoms with Crippen LogP contribution in [0.5, 0.6) is 0 Å². The fourth-order valence-corrected chi connectivity index (χ4v) is 5.21. The van der Waals surface area contributed by atoms with Gasteiger partial charge in [-0.05, 0) is 35.2 Å². The van der Waals surface area contributed by atoms with Gasteiger partial charge in [-0.3, -0.25) is 4.79 Å². The third-order valence-corrected chi connectivity index (χ3v) is 7.39. The minimum atomic E-state index is -5.28. The predicted molar refractivity (Wildman–Crippen MR) is 148 cm³/mol. The van der Waals surface area contributed by atoms with Crippen LogP contribution < -0.4 is 5.01 Å². The second kappa shape index (κ2) is 10.7. The molecular weight excluding hydrogens is 597 g/mol. The molecule has 43 heavy (non-hydrogen) atoms. The summed E-state index contributed by atoms with van der Waals surface area (Å²) in [6, 6.07) is 19.3. The molecule has 3 heterocycles. The van der Waals surface area contributed by atoms with Gasteiger partial charge in [-0.25, -0.2) is 22.2 Å². The van der Waals surface area contributed by atoms with Crippen LogP contribution in [0.15, 0.2) is 95.0 Å². The van der Waals surface area contributed by atoms with E-state index in [1.54, 1.807) is 54.6 Å². The van der Waals surface area contributed by atoms with E-state index in [0.29, 0.717) is 11.3 Å². The molecule has 0 aliphatic carbocycles. The minimum Gasteiger partial charge on any atom is -0.267 e. The molecule has 0 saturated carbocycles. The molecule has 13 heteroatoms. The number of rotatable bonds is 5. The number of carbonyl (C=O) groups is 1. The molecule has 0 fully saturated rings. The van der Waals surface area contributed by atoms with E-state index in [0.717, 1.165) is 16.5 Å². The van der Waals surface area contributed by atoms with E-state index < -0.39 is 52.3 Å². The molecule has 0 atom stereocenters. The fourth-order valence-electron chi connectivity index (χ4n) is 4.47. The van der Waals surface area contributed by atoms with Crippen LogP contribution in [-0.4, -0.2) is 27.6 Å². The molecule has 5 aromatic rings. The van der Waals surface area contributed by atoms with Crippen molar-refractivity contribution in [3.63, 3.8) is 0 Å². The van der Waals surface area contributed by atoms with Crippen LogP contribution >= 0.6 is 11.3 Å². The van der Waals surface area contributed by atoms with Gasteiger partial charge in [0.05, 0.1) is 17.0 Å². The van der Waals surface area contributed by atoms with E-state index in [2.05, 4.69) is 10.2 Å². The summed E-state index contributed by atoms with van der Waals surface area (Å²) in [6.45, 7) is 0. The van der Waals surface area contributed by atoms with E-state index in [-0.39, 0.29) is 22.3 Å². The molecule has 2 aromatic heterocycles. The van der Waals surface area contributed by atoms with Gasteiger partial charge in [-0.2, -0.15) is 28.4 Å². The predicted octanol–water partition coefficient (Wildman–Crippen LogP) is 8.17. The number of hydrogen-bond acceptors (Lipinski definition) is 4. The zero-order valence-corrected chi connectivity index (χ0v) is 22.2. The Kier molecular flexibility index (Phi) is 6.97. The lowest BCUT2D eigenvalue weighted by Crippen LogP contribution is -2.26. The molecule has 0 spiro atoms. The fraction of sp³-hybridized carbons (Fsp3) is 0.0333. The SMILES string of the molecule is O=C1/C(=C\c2cn(-c3ccccc3)nc2-c2ccc(-c3cccs3)cc2)C(C(F)(F)F)=NN1c1c(F)c(F)cc(F)c1F. The summed E-state index contributed by atoms with van der Waals surface area (Å²) in [4.78, 5) is 14.2. The first-order chi connectivity index (χ1) is 20.5. The normalized spacial score (nSPS) is 14.6. The Balaban J connectivity index is 1.50. The van der Waals surface area contributed by atoms with E-state index >= 15 is 0 Å². The van der Waals surface area contributed by atoms with E-state index in [4.69, 9.17) is 0 Å². The van der Waals surface area contributed by atoms with Crippen LogP contribution in [0.2, 0.25) is 0 Å². The number of alkyl halides is 3. The maximum Gasteiger partial charge on any atom is 0.435 e. The molecule has 1 amide bonds. The Morgan fingerprint density at radius 2 is 1.47 bits per heavy atom. The number of nitrogens with zero attached hydrogens (tertiary/aromatic N) is 4. The van der Waals surface area contributed by atoms with Gasteiger partial charge in [0, 0.05) is 28.3 Å². The number of halogens is 7. The summed E-state index contributed by atoms with van der Waals surface area (Å²) >= 11 is 1.52. The van der Waals surface area contributed by atoms with Crippen molar-refractivity contribution in [1.82, 2.24) is 9.78 Å². The Bertz CT molecular complexity index is 1890. The number of hydrogen-bond donors (Lipinski definition) is 0. The summed E-state index contributed by atoms with van der Waals surface area (Å²) in [7, 11) is 0. The molecule has 6 rings (SSSR count). The molecule has 0 radical (unpaired) electrons. The van der Waals surface area contributed by atoms with Crippen LogP contribution in [0.1, 0.15) is 5.56 Å². The summed E-state index contributed by atoms with van der Waals surface area (Å²) in [5.74, 6) is -9.65. The standard InChI is InChI=1S/C30H15F7N4OS/c31-21-14-22(32)25(34)27(24(21)33)41-29(42)20(28(39-41)30(35,36)37)13-18-15-40(19-5-2-1-3-6-19)38-26(18)17-10-8-16(9-11-17)23-7-4-12-43-23/h1-15H/b20-13-. The summed E-state index contributed by atoms with van der Waals surface area (Å²) in [5, 5.41) is 9.18. The summed E-state index contributed by atoms with van der Waals surface area (Å²) in [5.41, 5.74) is -2.51. The van der Waals surface area contributed by atoms with Crippen LogP contribution in [0.3, 0.4) is 0 Å². The van der Waals surface area contributed by atoms with Crippen molar-refractivity contribution < 1.29 is 35.5 Å². The third-order valence-electron chi connectivity index (χ3n) is 6.47. The molecule has 1 aliphatic heterocycles. The zero-order valence-electron chi connectivity index (χ0n) is 21.4. The van der Waals surface area contributed by atoms with Crippen molar-refractivity contribution in [2.45, 2.75) is 6.18 Å². The van der Waals surface area contributed by atoms with E-state index in [1.165, 1.54) is 22.2 Å². The Morgan fingerprint density at radius 3 is 2.07 bits per heavy atom. The van der Waals surface area contributed by atoms with Gasteiger partial charge >= 0.3 is 6.18 Å². The largest absolute Gasteiger partial charge is 0.435 e. The number of benzene rings is 3. The van der Waals surface area contributed by atoms with Crippen molar-refractivity contribution in [1.29, 1.82) is 0 Å². The van der Waals surface area contributed by atoms with Crippen LogP contribution in [-0.2, 0) is 4.79 Å². The summed E-state index contributed by atoms with van der Waals surface area (Å²) in [6.07, 6.45) is -3.08. The number of thiophene rings is 1. The van der Waals surface area contributed by atoms with E-state index in [9.17, 15) is 35.5 Å². The van der Waals surface area contributed by atoms with Gasteiger partial charge < -0.3 is 0 Å². The van der Waals surface area contributed by atoms with Gasteiger partial charge in [-0.1, -0.05) is 48.5 Å². The van der Waals surface area contributed by atoms with Crippen molar-refractivity contribution in [2.24, 2.45) is 5.10 Å². The molecule has 0 unspecified atom stereocenters. The summed E-state index contributed by atoms with van der Waals surface area (Å²) < 4.78 is 100. The second-order valence-electron chi connectivity index (χ2n) is 9.21. The number of amides is 1. The lowest BCUT2D eigenvalue weighted by atomic mass is 10.0. The first-order valence-corrected chi connectivity index (χ1v) is 13.3. The zero-order chi connectivity index (χ0) is 30.5. The number of carbonyl (C=O) groups excluding carboxylic acids is 1. The number of hydrazone groups is 1. The molecule has 3 aromatic carbocycles. The van der Waals surface area contributed by atoms with Gasteiger partial charge in [-0.15, -0.1) is 11.3 Å². The van der Waals surface area contributed by atoms with Gasteiger partial charge in [0.2, 0.25) is 0 Å². The Hall–Kier alpha value is -5.04. The molecular formula is C30H15F7N4OS. The highest BCUT2D eigenvalue weighted by atomic mass is 32.1. The molecule has 0 saturated heterocycles. The van der Waals surface area contributed by atoms with Gasteiger partial charge in [0.25, 0.3) is 5.91 Å². The van der Waals surface area contributed by atoms with E-state index in [1.807, 2.05) is 17.5 Å². The lowest BCUT2D eigenvalue weighted by Gasteiger charge is -2.14. The number of aromatic nitrogens is 2. The van der Waals surface area contributed by atoms with Gasteiger partial charge in [0.1, 0.15) is 5.69 Å². The van der Waals surface area contributed by atoms with Crippen molar-refractivity contribution in [2.75, 3.05) is 5.01 Å². The molecule has 5 nitrogen and oxygen atoms in total. The Morgan fingerprint density at radius 1 is 0.814 bits per heavy atom. The first-order valence-electron chi connectivity index (χ1n) is 12.4. The van der Waals surface area contributed by atoms with Crippen molar-refractivity contribution >= 4 is 34.7 Å². The van der Waals surface area contributed by atoms with Crippen LogP contribution in [0, 0.1) is 23.3 Å². The molecule has 216 valence electrons. The number of para-hydroxylation sites is 1. The monoisotopic (exact) mass is 612 g/mol. The average molecular weight is 613 g/mol. The lowest BCUT2D eigenvalue weighted by molar-refractivity contribution is -0.114.